The van der Waals surface area contributed by atoms with Crippen molar-refractivity contribution in [3.05, 3.63) is 29.3 Å². The van der Waals surface area contributed by atoms with E-state index in [0.29, 0.717) is 12.2 Å². The van der Waals surface area contributed by atoms with E-state index in [1.807, 2.05) is 6.92 Å². The minimum atomic E-state index is -4.49. The fourth-order valence-corrected chi connectivity index (χ4v) is 1.62. The van der Waals surface area contributed by atoms with Gasteiger partial charge >= 0.3 is 6.18 Å². The summed E-state index contributed by atoms with van der Waals surface area (Å²) in [6.45, 7) is 4.37. The van der Waals surface area contributed by atoms with Gasteiger partial charge in [0.2, 0.25) is 0 Å². The van der Waals surface area contributed by atoms with Gasteiger partial charge in [0.15, 0.2) is 0 Å². The third-order valence-corrected chi connectivity index (χ3v) is 2.55. The zero-order valence-corrected chi connectivity index (χ0v) is 10.6. The summed E-state index contributed by atoms with van der Waals surface area (Å²) in [5.41, 5.74) is -0.724. The van der Waals surface area contributed by atoms with Gasteiger partial charge in [0.1, 0.15) is 0 Å². The number of alkyl halides is 3. The number of hydrogen-bond donors (Lipinski definition) is 2. The number of nitrogens with one attached hydrogen (secondary N) is 2. The molecule has 0 radical (unpaired) electrons. The van der Waals surface area contributed by atoms with Crippen molar-refractivity contribution in [3.8, 4) is 6.07 Å². The summed E-state index contributed by atoms with van der Waals surface area (Å²) >= 11 is 0. The summed E-state index contributed by atoms with van der Waals surface area (Å²) in [6.07, 6.45) is -3.63. The molecule has 104 valence electrons. The molecule has 0 heterocycles. The van der Waals surface area contributed by atoms with E-state index < -0.39 is 11.7 Å². The van der Waals surface area contributed by atoms with Crippen LogP contribution in [0.4, 0.5) is 18.9 Å². The van der Waals surface area contributed by atoms with E-state index in [9.17, 15) is 13.2 Å². The first-order valence-corrected chi connectivity index (χ1v) is 6.05. The van der Waals surface area contributed by atoms with E-state index in [1.165, 1.54) is 12.1 Å². The third-order valence-electron chi connectivity index (χ3n) is 2.55. The first-order chi connectivity index (χ1) is 8.99. The molecule has 0 bridgehead atoms. The highest BCUT2D eigenvalue weighted by molar-refractivity contribution is 5.53. The Morgan fingerprint density at radius 2 is 2.00 bits per heavy atom. The highest BCUT2D eigenvalue weighted by atomic mass is 19.4. The zero-order valence-electron chi connectivity index (χ0n) is 10.6. The first kappa shape index (κ1) is 15.3. The van der Waals surface area contributed by atoms with Gasteiger partial charge in [0.05, 0.1) is 17.2 Å². The molecule has 0 atom stereocenters. The second kappa shape index (κ2) is 7.00. The minimum Gasteiger partial charge on any atom is -0.385 e. The molecule has 1 aromatic carbocycles. The summed E-state index contributed by atoms with van der Waals surface area (Å²) in [6, 6.07) is 5.09. The van der Waals surface area contributed by atoms with Crippen molar-refractivity contribution < 1.29 is 13.2 Å². The van der Waals surface area contributed by atoms with Gasteiger partial charge in [-0.05, 0) is 37.7 Å². The van der Waals surface area contributed by atoms with Gasteiger partial charge in [-0.15, -0.1) is 0 Å². The van der Waals surface area contributed by atoms with Crippen LogP contribution < -0.4 is 10.6 Å². The van der Waals surface area contributed by atoms with Crippen molar-refractivity contribution in [2.45, 2.75) is 19.5 Å². The van der Waals surface area contributed by atoms with Crippen molar-refractivity contribution in [2.24, 2.45) is 0 Å². The van der Waals surface area contributed by atoms with Crippen LogP contribution in [0.15, 0.2) is 18.2 Å². The summed E-state index contributed by atoms with van der Waals surface area (Å²) in [5.74, 6) is 0. The van der Waals surface area contributed by atoms with Gasteiger partial charge in [-0.25, -0.2) is 0 Å². The lowest BCUT2D eigenvalue weighted by Crippen LogP contribution is -2.17. The van der Waals surface area contributed by atoms with E-state index >= 15 is 0 Å². The second-order valence-corrected chi connectivity index (χ2v) is 4.00. The predicted octanol–water partition coefficient (Wildman–Crippen LogP) is 2.99. The van der Waals surface area contributed by atoms with Crippen molar-refractivity contribution >= 4 is 5.69 Å². The normalized spacial score (nSPS) is 11.1. The number of benzene rings is 1. The lowest BCUT2D eigenvalue weighted by Gasteiger charge is -2.11. The van der Waals surface area contributed by atoms with Crippen molar-refractivity contribution in [3.63, 3.8) is 0 Å². The van der Waals surface area contributed by atoms with Crippen LogP contribution in [0, 0.1) is 11.3 Å². The number of nitriles is 1. The molecule has 2 N–H and O–H groups in total. The molecule has 0 amide bonds. The fraction of sp³-hybridized carbons (Fsp3) is 0.462. The summed E-state index contributed by atoms with van der Waals surface area (Å²) in [7, 11) is 0. The van der Waals surface area contributed by atoms with Crippen molar-refractivity contribution in [1.82, 2.24) is 5.32 Å². The Bertz CT molecular complexity index is 449. The van der Waals surface area contributed by atoms with E-state index in [1.54, 1.807) is 6.07 Å². The van der Waals surface area contributed by atoms with Crippen molar-refractivity contribution in [1.29, 1.82) is 5.26 Å². The molecule has 1 rings (SSSR count). The van der Waals surface area contributed by atoms with E-state index in [-0.39, 0.29) is 5.56 Å². The molecule has 0 saturated heterocycles. The largest absolute Gasteiger partial charge is 0.417 e. The Labute approximate surface area is 110 Å². The number of nitrogens with zero attached hydrogens (tertiary/aromatic N) is 1. The SMILES string of the molecule is CCNCCCNc1ccc(C(F)(F)F)c(C#N)c1. The van der Waals surface area contributed by atoms with Gasteiger partial charge in [0, 0.05) is 12.2 Å². The molecular formula is C13H16F3N3. The molecule has 0 aliphatic heterocycles. The van der Waals surface area contributed by atoms with Crippen LogP contribution in [-0.4, -0.2) is 19.6 Å². The van der Waals surface area contributed by atoms with Gasteiger partial charge < -0.3 is 10.6 Å². The van der Waals surface area contributed by atoms with Gasteiger partial charge in [-0.3, -0.25) is 0 Å². The van der Waals surface area contributed by atoms with Gasteiger partial charge in [-0.2, -0.15) is 18.4 Å². The zero-order chi connectivity index (χ0) is 14.3. The van der Waals surface area contributed by atoms with Crippen LogP contribution in [0.25, 0.3) is 0 Å². The number of hydrogen-bond acceptors (Lipinski definition) is 3. The number of halogens is 3. The molecule has 3 nitrogen and oxygen atoms in total. The quantitative estimate of drug-likeness (QED) is 0.782. The molecule has 0 aromatic heterocycles. The summed E-state index contributed by atoms with van der Waals surface area (Å²) < 4.78 is 37.7. The Hall–Kier alpha value is -1.74. The maximum atomic E-state index is 12.6. The maximum absolute atomic E-state index is 12.6. The van der Waals surface area contributed by atoms with E-state index in [4.69, 9.17) is 5.26 Å². The van der Waals surface area contributed by atoms with Crippen molar-refractivity contribution in [2.75, 3.05) is 25.0 Å². The van der Waals surface area contributed by atoms with Crippen LogP contribution in [0.3, 0.4) is 0 Å². The molecule has 0 aliphatic carbocycles. The standard InChI is InChI=1S/C13H16F3N3/c1-2-18-6-3-7-19-11-4-5-12(13(14,15)16)10(8-11)9-17/h4-5,8,18-19H,2-3,6-7H2,1H3. The first-order valence-electron chi connectivity index (χ1n) is 6.05. The monoisotopic (exact) mass is 271 g/mol. The topological polar surface area (TPSA) is 47.8 Å². The molecule has 6 heteroatoms. The number of rotatable bonds is 6. The third kappa shape index (κ3) is 4.79. The average Bonchev–Trinajstić information content (AvgIpc) is 2.37. The molecule has 0 saturated carbocycles. The minimum absolute atomic E-state index is 0.357. The summed E-state index contributed by atoms with van der Waals surface area (Å²) in [5, 5.41) is 14.9. The Morgan fingerprint density at radius 1 is 1.26 bits per heavy atom. The second-order valence-electron chi connectivity index (χ2n) is 4.00. The smallest absolute Gasteiger partial charge is 0.385 e. The lowest BCUT2D eigenvalue weighted by molar-refractivity contribution is -0.137. The van der Waals surface area contributed by atoms with Gasteiger partial charge in [0.25, 0.3) is 0 Å². The van der Waals surface area contributed by atoms with Crippen LogP contribution in [0.2, 0.25) is 0 Å². The van der Waals surface area contributed by atoms with Crippen LogP contribution in [-0.2, 0) is 6.18 Å². The molecule has 19 heavy (non-hydrogen) atoms. The fourth-order valence-electron chi connectivity index (χ4n) is 1.62. The molecule has 1 aromatic rings. The lowest BCUT2D eigenvalue weighted by atomic mass is 10.1. The Kier molecular flexibility index (Phi) is 5.64. The van der Waals surface area contributed by atoms with Crippen LogP contribution in [0.5, 0.6) is 0 Å². The molecular weight excluding hydrogens is 255 g/mol. The van der Waals surface area contributed by atoms with Gasteiger partial charge in [-0.1, -0.05) is 6.92 Å². The summed E-state index contributed by atoms with van der Waals surface area (Å²) in [4.78, 5) is 0. The maximum Gasteiger partial charge on any atom is 0.417 e. The predicted molar refractivity (Wildman–Crippen MR) is 67.8 cm³/mol. The Balaban J connectivity index is 2.65. The highest BCUT2D eigenvalue weighted by Crippen LogP contribution is 2.32. The van der Waals surface area contributed by atoms with E-state index in [0.717, 1.165) is 25.6 Å². The molecule has 0 fully saturated rings. The van der Waals surface area contributed by atoms with Crippen LogP contribution >= 0.6 is 0 Å². The highest BCUT2D eigenvalue weighted by Gasteiger charge is 2.33. The molecule has 0 spiro atoms. The van der Waals surface area contributed by atoms with Crippen LogP contribution in [0.1, 0.15) is 24.5 Å². The molecule has 0 unspecified atom stereocenters. The average molecular weight is 271 g/mol. The number of anilines is 1. The van der Waals surface area contributed by atoms with E-state index in [2.05, 4.69) is 10.6 Å². The molecule has 0 aliphatic rings. The Morgan fingerprint density at radius 3 is 2.58 bits per heavy atom.